The lowest BCUT2D eigenvalue weighted by Gasteiger charge is -2.15. The first-order chi connectivity index (χ1) is 6.16. The van der Waals surface area contributed by atoms with Crippen molar-refractivity contribution in [3.05, 3.63) is 17.6 Å². The number of carbonyl (C=O) groups is 1. The SMILES string of the molecule is Cc1ncc2c(n1)NC(=O)CC2=N. The van der Waals surface area contributed by atoms with Crippen LogP contribution in [0.2, 0.25) is 0 Å². The number of aryl methyl sites for hydroxylation is 1. The fourth-order valence-corrected chi connectivity index (χ4v) is 1.22. The van der Waals surface area contributed by atoms with Crippen molar-refractivity contribution in [2.75, 3.05) is 5.32 Å². The fraction of sp³-hybridized carbons (Fsp3) is 0.250. The molecular formula is C8H8N4O. The highest BCUT2D eigenvalue weighted by Crippen LogP contribution is 2.18. The highest BCUT2D eigenvalue weighted by molar-refractivity contribution is 6.18. The number of hydrogen-bond acceptors (Lipinski definition) is 4. The average Bonchev–Trinajstić information content (AvgIpc) is 2.02. The lowest BCUT2D eigenvalue weighted by Crippen LogP contribution is -2.25. The topological polar surface area (TPSA) is 78.7 Å². The van der Waals surface area contributed by atoms with Gasteiger partial charge in [0, 0.05) is 6.20 Å². The van der Waals surface area contributed by atoms with Crippen LogP contribution in [0.3, 0.4) is 0 Å². The number of anilines is 1. The van der Waals surface area contributed by atoms with Crippen LogP contribution in [0.25, 0.3) is 0 Å². The van der Waals surface area contributed by atoms with E-state index in [2.05, 4.69) is 15.3 Å². The maximum absolute atomic E-state index is 11.0. The normalized spacial score (nSPS) is 15.2. The number of nitrogens with one attached hydrogen (secondary N) is 2. The molecule has 66 valence electrons. The summed E-state index contributed by atoms with van der Waals surface area (Å²) in [6.45, 7) is 1.74. The highest BCUT2D eigenvalue weighted by Gasteiger charge is 2.20. The van der Waals surface area contributed by atoms with Gasteiger partial charge in [-0.15, -0.1) is 0 Å². The predicted octanol–water partition coefficient (Wildman–Crippen LogP) is 0.495. The van der Waals surface area contributed by atoms with Gasteiger partial charge in [-0.05, 0) is 6.92 Å². The maximum Gasteiger partial charge on any atom is 0.231 e. The molecule has 0 fully saturated rings. The lowest BCUT2D eigenvalue weighted by molar-refractivity contribution is -0.115. The minimum absolute atomic E-state index is 0.111. The van der Waals surface area contributed by atoms with E-state index < -0.39 is 0 Å². The standard InChI is InChI=1S/C8H8N4O/c1-4-10-3-5-6(9)2-7(13)12-8(5)11-4/h3,9H,2H2,1H3,(H,10,11,12,13). The van der Waals surface area contributed by atoms with Gasteiger partial charge in [-0.2, -0.15) is 0 Å². The van der Waals surface area contributed by atoms with Crippen LogP contribution in [0.4, 0.5) is 5.82 Å². The van der Waals surface area contributed by atoms with Gasteiger partial charge in [-0.3, -0.25) is 4.79 Å². The largest absolute Gasteiger partial charge is 0.310 e. The average molecular weight is 176 g/mol. The summed E-state index contributed by atoms with van der Waals surface area (Å²) in [6.07, 6.45) is 1.68. The summed E-state index contributed by atoms with van der Waals surface area (Å²) >= 11 is 0. The van der Waals surface area contributed by atoms with E-state index in [1.54, 1.807) is 13.1 Å². The zero-order valence-corrected chi connectivity index (χ0v) is 7.09. The van der Waals surface area contributed by atoms with Crippen molar-refractivity contribution >= 4 is 17.4 Å². The first-order valence-corrected chi connectivity index (χ1v) is 3.88. The Hall–Kier alpha value is -1.78. The molecule has 0 saturated carbocycles. The summed E-state index contributed by atoms with van der Waals surface area (Å²) in [5.41, 5.74) is 0.893. The van der Waals surface area contributed by atoms with Gasteiger partial charge in [-0.1, -0.05) is 0 Å². The van der Waals surface area contributed by atoms with Gasteiger partial charge in [0.25, 0.3) is 0 Å². The molecule has 0 unspecified atom stereocenters. The summed E-state index contributed by atoms with van der Waals surface area (Å²) in [5.74, 6) is 0.859. The van der Waals surface area contributed by atoms with Crippen molar-refractivity contribution in [2.45, 2.75) is 13.3 Å². The minimum atomic E-state index is -0.185. The Morgan fingerprint density at radius 2 is 2.38 bits per heavy atom. The Labute approximate surface area is 74.7 Å². The second kappa shape index (κ2) is 2.62. The third kappa shape index (κ3) is 1.28. The highest BCUT2D eigenvalue weighted by atomic mass is 16.1. The maximum atomic E-state index is 11.0. The smallest absolute Gasteiger partial charge is 0.231 e. The van der Waals surface area contributed by atoms with Crippen molar-refractivity contribution < 1.29 is 4.79 Å². The first kappa shape index (κ1) is 7.85. The molecule has 13 heavy (non-hydrogen) atoms. The molecule has 0 saturated heterocycles. The molecule has 1 aliphatic heterocycles. The summed E-state index contributed by atoms with van der Waals surface area (Å²) in [6, 6.07) is 0. The molecule has 1 aromatic rings. The minimum Gasteiger partial charge on any atom is -0.310 e. The quantitative estimate of drug-likeness (QED) is 0.604. The van der Waals surface area contributed by atoms with Crippen molar-refractivity contribution in [1.82, 2.24) is 9.97 Å². The van der Waals surface area contributed by atoms with E-state index in [0.717, 1.165) is 0 Å². The van der Waals surface area contributed by atoms with Gasteiger partial charge in [0.2, 0.25) is 5.91 Å². The van der Waals surface area contributed by atoms with Crippen LogP contribution in [0.5, 0.6) is 0 Å². The number of carbonyl (C=O) groups excluding carboxylic acids is 1. The molecular weight excluding hydrogens is 168 g/mol. The van der Waals surface area contributed by atoms with Gasteiger partial charge in [-0.25, -0.2) is 9.97 Å². The van der Waals surface area contributed by atoms with Crippen LogP contribution in [0, 0.1) is 12.3 Å². The molecule has 0 atom stereocenters. The molecule has 5 nitrogen and oxygen atoms in total. The molecule has 2 N–H and O–H groups in total. The van der Waals surface area contributed by atoms with Gasteiger partial charge in [0.1, 0.15) is 11.6 Å². The molecule has 2 heterocycles. The molecule has 1 amide bonds. The van der Waals surface area contributed by atoms with E-state index in [1.165, 1.54) is 0 Å². The van der Waals surface area contributed by atoms with Crippen LogP contribution < -0.4 is 5.32 Å². The summed E-state index contributed by atoms with van der Waals surface area (Å²) < 4.78 is 0. The monoisotopic (exact) mass is 176 g/mol. The Kier molecular flexibility index (Phi) is 1.58. The lowest BCUT2D eigenvalue weighted by atomic mass is 10.1. The molecule has 1 aromatic heterocycles. The zero-order valence-electron chi connectivity index (χ0n) is 7.09. The molecule has 0 aliphatic carbocycles. The second-order valence-electron chi connectivity index (χ2n) is 2.88. The predicted molar refractivity (Wildman–Crippen MR) is 46.8 cm³/mol. The Balaban J connectivity index is 2.55. The van der Waals surface area contributed by atoms with E-state index in [4.69, 9.17) is 5.41 Å². The number of hydrogen-bond donors (Lipinski definition) is 2. The molecule has 5 heteroatoms. The van der Waals surface area contributed by atoms with Crippen molar-refractivity contribution in [3.63, 3.8) is 0 Å². The Morgan fingerprint density at radius 3 is 3.15 bits per heavy atom. The first-order valence-electron chi connectivity index (χ1n) is 3.88. The third-order valence-electron chi connectivity index (χ3n) is 1.83. The fourth-order valence-electron chi connectivity index (χ4n) is 1.22. The van der Waals surface area contributed by atoms with Crippen molar-refractivity contribution in [2.24, 2.45) is 0 Å². The van der Waals surface area contributed by atoms with Crippen LogP contribution in [-0.4, -0.2) is 21.6 Å². The van der Waals surface area contributed by atoms with Gasteiger partial charge < -0.3 is 10.7 Å². The third-order valence-corrected chi connectivity index (χ3v) is 1.83. The Morgan fingerprint density at radius 1 is 1.62 bits per heavy atom. The van der Waals surface area contributed by atoms with Crippen LogP contribution in [0.15, 0.2) is 6.20 Å². The van der Waals surface area contributed by atoms with E-state index in [9.17, 15) is 4.79 Å². The molecule has 2 rings (SSSR count). The van der Waals surface area contributed by atoms with E-state index in [1.807, 2.05) is 0 Å². The van der Waals surface area contributed by atoms with Crippen LogP contribution >= 0.6 is 0 Å². The number of aromatic nitrogens is 2. The molecule has 1 aliphatic rings. The van der Waals surface area contributed by atoms with E-state index in [-0.39, 0.29) is 18.0 Å². The number of nitrogens with zero attached hydrogens (tertiary/aromatic N) is 2. The van der Waals surface area contributed by atoms with Crippen LogP contribution in [0.1, 0.15) is 17.8 Å². The van der Waals surface area contributed by atoms with Gasteiger partial charge >= 0.3 is 0 Å². The van der Waals surface area contributed by atoms with E-state index >= 15 is 0 Å². The van der Waals surface area contributed by atoms with E-state index in [0.29, 0.717) is 17.2 Å². The number of fused-ring (bicyclic) bond motifs is 1. The van der Waals surface area contributed by atoms with Crippen molar-refractivity contribution in [1.29, 1.82) is 5.41 Å². The second-order valence-corrected chi connectivity index (χ2v) is 2.88. The van der Waals surface area contributed by atoms with Gasteiger partial charge in [0.15, 0.2) is 0 Å². The molecule has 0 spiro atoms. The zero-order chi connectivity index (χ0) is 9.42. The molecule has 0 aromatic carbocycles. The summed E-state index contributed by atoms with van der Waals surface area (Å²) in [4.78, 5) is 19.0. The van der Waals surface area contributed by atoms with Gasteiger partial charge in [0.05, 0.1) is 17.7 Å². The summed E-state index contributed by atoms with van der Waals surface area (Å²) in [5, 5.41) is 10.1. The summed E-state index contributed by atoms with van der Waals surface area (Å²) in [7, 11) is 0. The number of rotatable bonds is 0. The molecule has 0 radical (unpaired) electrons. The molecule has 0 bridgehead atoms. The number of amides is 1. The van der Waals surface area contributed by atoms with Crippen molar-refractivity contribution in [3.8, 4) is 0 Å². The Bertz CT molecular complexity index is 399. The van der Waals surface area contributed by atoms with Crippen LogP contribution in [-0.2, 0) is 4.79 Å².